The van der Waals surface area contributed by atoms with Gasteiger partial charge in [0.2, 0.25) is 11.8 Å². The summed E-state index contributed by atoms with van der Waals surface area (Å²) in [4.78, 5) is 13.7. The lowest BCUT2D eigenvalue weighted by atomic mass is 9.98. The molecule has 3 rings (SSSR count). The van der Waals surface area contributed by atoms with Crippen LogP contribution >= 0.6 is 0 Å². The maximum absolute atomic E-state index is 9.88. The fourth-order valence-electron chi connectivity index (χ4n) is 3.42. The quantitative estimate of drug-likeness (QED) is 0.756. The number of benzene rings is 1. The van der Waals surface area contributed by atoms with Crippen molar-refractivity contribution >= 4 is 11.8 Å². The van der Waals surface area contributed by atoms with Crippen LogP contribution in [0.2, 0.25) is 0 Å². The lowest BCUT2D eigenvalue weighted by Gasteiger charge is -2.27. The van der Waals surface area contributed by atoms with Crippen molar-refractivity contribution in [1.82, 2.24) is 4.98 Å². The molecule has 1 aromatic carbocycles. The van der Waals surface area contributed by atoms with Gasteiger partial charge < -0.3 is 19.3 Å². The highest BCUT2D eigenvalue weighted by Gasteiger charge is 2.32. The van der Waals surface area contributed by atoms with E-state index in [0.717, 1.165) is 11.1 Å². The van der Waals surface area contributed by atoms with Crippen molar-refractivity contribution in [2.75, 3.05) is 14.2 Å². The Morgan fingerprint density at radius 3 is 2.37 bits per heavy atom. The van der Waals surface area contributed by atoms with Gasteiger partial charge in [0.25, 0.3) is 0 Å². The summed E-state index contributed by atoms with van der Waals surface area (Å²) in [7, 11) is 3.21. The van der Waals surface area contributed by atoms with Crippen LogP contribution in [0.5, 0.6) is 5.75 Å². The molecule has 0 fully saturated rings. The predicted molar refractivity (Wildman–Crippen MR) is 116 cm³/mol. The van der Waals surface area contributed by atoms with Crippen LogP contribution in [-0.2, 0) is 29.1 Å². The van der Waals surface area contributed by atoms with Gasteiger partial charge in [-0.15, -0.1) is 0 Å². The normalized spacial score (nSPS) is 18.6. The molecule has 0 saturated heterocycles. The Morgan fingerprint density at radius 2 is 1.73 bits per heavy atom. The molecule has 0 saturated carbocycles. The first-order valence-electron chi connectivity index (χ1n) is 10.0. The molecular weight excluding hydrogens is 382 g/mol. The van der Waals surface area contributed by atoms with E-state index in [9.17, 15) is 5.11 Å². The van der Waals surface area contributed by atoms with E-state index in [4.69, 9.17) is 24.2 Å². The minimum Gasteiger partial charge on any atom is -0.487 e. The van der Waals surface area contributed by atoms with Gasteiger partial charge in [-0.05, 0) is 11.5 Å². The van der Waals surface area contributed by atoms with Gasteiger partial charge in [0, 0.05) is 23.7 Å². The number of nitrogens with zero attached hydrogens (tertiary/aromatic N) is 3. The Labute approximate surface area is 177 Å². The molecular formula is C23H29N3O4. The molecule has 7 nitrogen and oxygen atoms in total. The highest BCUT2D eigenvalue weighted by atomic mass is 16.5. The van der Waals surface area contributed by atoms with Crippen LogP contribution < -0.4 is 4.74 Å². The van der Waals surface area contributed by atoms with Gasteiger partial charge in [0.1, 0.15) is 24.4 Å². The number of hydrogen-bond donors (Lipinski definition) is 1. The van der Waals surface area contributed by atoms with E-state index in [-0.39, 0.29) is 24.6 Å². The SMILES string of the molecule is COC1=N[C@H](C(C)C)C(OC)=N[C@H]1Cc1c(CO)cncc1OCc1ccccc1. The Hall–Kier alpha value is -2.93. The standard InChI is InChI=1S/C23H29N3O4/c1-15(2)21-23(29-4)25-19(22(26-21)28-3)10-18-17(13-27)11-24-12-20(18)30-14-16-8-6-5-7-9-16/h5-9,11-12,15,19,21,27H,10,13-14H2,1-4H3/t19-,21+/m0/s1. The molecule has 30 heavy (non-hydrogen) atoms. The molecule has 0 aliphatic carbocycles. The Bertz CT molecular complexity index is 897. The minimum atomic E-state index is -0.369. The summed E-state index contributed by atoms with van der Waals surface area (Å²) in [6.07, 6.45) is 3.77. The van der Waals surface area contributed by atoms with Crippen LogP contribution in [0.25, 0.3) is 0 Å². The van der Waals surface area contributed by atoms with Gasteiger partial charge >= 0.3 is 0 Å². The van der Waals surface area contributed by atoms with E-state index < -0.39 is 0 Å². The molecule has 160 valence electrons. The van der Waals surface area contributed by atoms with Gasteiger partial charge in [-0.2, -0.15) is 0 Å². The third kappa shape index (κ3) is 4.97. The second kappa shape index (κ2) is 10.2. The van der Waals surface area contributed by atoms with E-state index in [1.807, 2.05) is 30.3 Å². The second-order valence-corrected chi connectivity index (χ2v) is 7.46. The number of pyridine rings is 1. The van der Waals surface area contributed by atoms with Crippen LogP contribution in [0, 0.1) is 5.92 Å². The van der Waals surface area contributed by atoms with Crippen molar-refractivity contribution in [2.45, 2.75) is 45.6 Å². The van der Waals surface area contributed by atoms with E-state index in [2.05, 4.69) is 18.8 Å². The van der Waals surface area contributed by atoms with Gasteiger partial charge in [0.05, 0.1) is 27.0 Å². The third-order valence-electron chi connectivity index (χ3n) is 5.05. The Balaban J connectivity index is 1.89. The number of aliphatic hydroxyl groups excluding tert-OH is 1. The fourth-order valence-corrected chi connectivity index (χ4v) is 3.42. The van der Waals surface area contributed by atoms with Crippen LogP contribution in [0.4, 0.5) is 0 Å². The van der Waals surface area contributed by atoms with E-state index in [1.54, 1.807) is 26.6 Å². The fraction of sp³-hybridized carbons (Fsp3) is 0.435. The number of aliphatic hydroxyl groups is 1. The smallest absolute Gasteiger partial charge is 0.209 e. The van der Waals surface area contributed by atoms with Gasteiger partial charge in [-0.1, -0.05) is 44.2 Å². The first-order valence-corrected chi connectivity index (χ1v) is 10.0. The lowest BCUT2D eigenvalue weighted by molar-refractivity contribution is 0.273. The van der Waals surface area contributed by atoms with Crippen LogP contribution in [0.3, 0.4) is 0 Å². The summed E-state index contributed by atoms with van der Waals surface area (Å²) >= 11 is 0. The molecule has 0 bridgehead atoms. The molecule has 2 atom stereocenters. The minimum absolute atomic E-state index is 0.146. The highest BCUT2D eigenvalue weighted by molar-refractivity contribution is 5.94. The van der Waals surface area contributed by atoms with Gasteiger partial charge in [-0.3, -0.25) is 4.98 Å². The summed E-state index contributed by atoms with van der Waals surface area (Å²) in [5, 5.41) is 9.88. The summed E-state index contributed by atoms with van der Waals surface area (Å²) in [6, 6.07) is 9.36. The largest absolute Gasteiger partial charge is 0.487 e. The molecule has 1 aliphatic heterocycles. The number of aromatic nitrogens is 1. The van der Waals surface area contributed by atoms with Gasteiger partial charge in [-0.25, -0.2) is 9.98 Å². The molecule has 7 heteroatoms. The first-order chi connectivity index (χ1) is 14.6. The maximum atomic E-state index is 9.88. The molecule has 1 aliphatic rings. The number of hydrogen-bond acceptors (Lipinski definition) is 7. The molecule has 0 spiro atoms. The molecule has 1 aromatic heterocycles. The van der Waals surface area contributed by atoms with Crippen LogP contribution in [0.1, 0.15) is 30.5 Å². The lowest BCUT2D eigenvalue weighted by Crippen LogP contribution is -2.38. The third-order valence-corrected chi connectivity index (χ3v) is 5.05. The number of rotatable bonds is 7. The zero-order valence-corrected chi connectivity index (χ0v) is 17.9. The van der Waals surface area contributed by atoms with Crippen molar-refractivity contribution in [2.24, 2.45) is 15.9 Å². The number of ether oxygens (including phenoxy) is 3. The molecule has 2 aromatic rings. The predicted octanol–water partition coefficient (Wildman–Crippen LogP) is 3.19. The molecule has 0 unspecified atom stereocenters. The van der Waals surface area contributed by atoms with Crippen molar-refractivity contribution < 1.29 is 19.3 Å². The second-order valence-electron chi connectivity index (χ2n) is 7.46. The molecule has 1 N–H and O–H groups in total. The van der Waals surface area contributed by atoms with Gasteiger partial charge in [0.15, 0.2) is 0 Å². The van der Waals surface area contributed by atoms with Crippen LogP contribution in [-0.4, -0.2) is 48.2 Å². The molecule has 0 amide bonds. The van der Waals surface area contributed by atoms with Crippen molar-refractivity contribution in [3.63, 3.8) is 0 Å². The van der Waals surface area contributed by atoms with E-state index in [1.165, 1.54) is 0 Å². The summed E-state index contributed by atoms with van der Waals surface area (Å²) < 4.78 is 17.1. The zero-order valence-electron chi connectivity index (χ0n) is 17.9. The summed E-state index contributed by atoms with van der Waals surface area (Å²) in [6.45, 7) is 4.39. The zero-order chi connectivity index (χ0) is 21.5. The van der Waals surface area contributed by atoms with Crippen LogP contribution in [0.15, 0.2) is 52.7 Å². The first kappa shape index (κ1) is 21.8. The highest BCUT2D eigenvalue weighted by Crippen LogP contribution is 2.27. The summed E-state index contributed by atoms with van der Waals surface area (Å²) in [5.74, 6) is 1.97. The average molecular weight is 412 g/mol. The monoisotopic (exact) mass is 411 g/mol. The molecule has 2 heterocycles. The average Bonchev–Trinajstić information content (AvgIpc) is 2.78. The topological polar surface area (TPSA) is 85.5 Å². The summed E-state index contributed by atoms with van der Waals surface area (Å²) in [5.41, 5.74) is 2.57. The van der Waals surface area contributed by atoms with E-state index in [0.29, 0.717) is 36.1 Å². The molecule has 0 radical (unpaired) electrons. The van der Waals surface area contributed by atoms with Crippen molar-refractivity contribution in [1.29, 1.82) is 0 Å². The van der Waals surface area contributed by atoms with Crippen molar-refractivity contribution in [3.05, 3.63) is 59.4 Å². The Kier molecular flexibility index (Phi) is 7.41. The number of aliphatic imine (C=N–C) groups is 2. The maximum Gasteiger partial charge on any atom is 0.209 e. The number of methoxy groups -OCH3 is 2. The van der Waals surface area contributed by atoms with E-state index >= 15 is 0 Å². The Morgan fingerprint density at radius 1 is 1.00 bits per heavy atom. The van der Waals surface area contributed by atoms with Crippen molar-refractivity contribution in [3.8, 4) is 5.75 Å².